The Morgan fingerprint density at radius 3 is 2.97 bits per heavy atom. The van der Waals surface area contributed by atoms with Gasteiger partial charge in [0.1, 0.15) is 17.5 Å². The molecule has 2 N–H and O–H groups in total. The first kappa shape index (κ1) is 18.9. The third-order valence-corrected chi connectivity index (χ3v) is 5.28. The van der Waals surface area contributed by atoms with Crippen molar-refractivity contribution in [2.45, 2.75) is 18.9 Å². The number of benzene rings is 1. The van der Waals surface area contributed by atoms with Crippen molar-refractivity contribution in [1.29, 1.82) is 0 Å². The average molecular weight is 425 g/mol. The summed E-state index contributed by atoms with van der Waals surface area (Å²) in [4.78, 5) is 12.6. The van der Waals surface area contributed by atoms with Crippen molar-refractivity contribution in [3.8, 4) is 28.4 Å². The highest BCUT2D eigenvalue weighted by Gasteiger charge is 2.17. The summed E-state index contributed by atoms with van der Waals surface area (Å²) in [5.74, 6) is -0.126. The zero-order chi connectivity index (χ0) is 20.5. The molecule has 4 aromatic rings. The largest absolute Gasteiger partial charge is 0.472 e. The first-order valence-electron chi connectivity index (χ1n) is 9.67. The van der Waals surface area contributed by atoms with Crippen LogP contribution in [0.25, 0.3) is 33.4 Å². The van der Waals surface area contributed by atoms with Crippen molar-refractivity contribution >= 4 is 22.5 Å². The van der Waals surface area contributed by atoms with Gasteiger partial charge in [-0.25, -0.2) is 9.97 Å². The maximum Gasteiger partial charge on any atom is 0.233 e. The van der Waals surface area contributed by atoms with Crippen molar-refractivity contribution in [1.82, 2.24) is 30.5 Å². The first-order valence-corrected chi connectivity index (χ1v) is 10.0. The molecular formula is C21H18ClFN6O. The average Bonchev–Trinajstić information content (AvgIpc) is 3.20. The number of aromatic nitrogens is 5. The first-order chi connectivity index (χ1) is 14.7. The van der Waals surface area contributed by atoms with Gasteiger partial charge < -0.3 is 10.1 Å². The molecule has 1 unspecified atom stereocenters. The van der Waals surface area contributed by atoms with Crippen LogP contribution in [0.4, 0.5) is 4.39 Å². The van der Waals surface area contributed by atoms with Crippen LogP contribution in [0.3, 0.4) is 0 Å². The van der Waals surface area contributed by atoms with Crippen LogP contribution in [0.2, 0.25) is 5.02 Å². The molecule has 1 fully saturated rings. The van der Waals surface area contributed by atoms with Crippen molar-refractivity contribution in [2.24, 2.45) is 0 Å². The van der Waals surface area contributed by atoms with Crippen molar-refractivity contribution in [3.05, 3.63) is 53.8 Å². The van der Waals surface area contributed by atoms with Gasteiger partial charge in [-0.1, -0.05) is 17.7 Å². The molecule has 30 heavy (non-hydrogen) atoms. The third kappa shape index (κ3) is 3.71. The molecule has 0 saturated carbocycles. The van der Waals surface area contributed by atoms with Crippen molar-refractivity contribution in [2.75, 3.05) is 13.1 Å². The molecule has 0 radical (unpaired) electrons. The van der Waals surface area contributed by atoms with E-state index < -0.39 is 5.95 Å². The number of pyridine rings is 1. The molecule has 1 aliphatic heterocycles. The highest BCUT2D eigenvalue weighted by Crippen LogP contribution is 2.31. The second-order valence-electron chi connectivity index (χ2n) is 7.15. The van der Waals surface area contributed by atoms with E-state index in [9.17, 15) is 4.39 Å². The molecule has 0 aliphatic carbocycles. The lowest BCUT2D eigenvalue weighted by molar-refractivity contribution is 0.160. The lowest BCUT2D eigenvalue weighted by atomic mass is 10.0. The lowest BCUT2D eigenvalue weighted by Crippen LogP contribution is -2.37. The number of halogens is 2. The fraction of sp³-hybridized carbons (Fsp3) is 0.238. The van der Waals surface area contributed by atoms with Gasteiger partial charge in [0.25, 0.3) is 0 Å². The number of piperidine rings is 1. The summed E-state index contributed by atoms with van der Waals surface area (Å²) in [5, 5.41) is 11.9. The number of H-pyrrole nitrogens is 1. The van der Waals surface area contributed by atoms with Crippen LogP contribution in [-0.2, 0) is 0 Å². The van der Waals surface area contributed by atoms with E-state index in [2.05, 4.69) is 30.5 Å². The summed E-state index contributed by atoms with van der Waals surface area (Å²) in [7, 11) is 0. The standard InChI is InChI=1S/C21H18ClFN6O/c22-13-7-15(21(23)26-8-13)12-3-4-17-16(6-12)20(29-28-17)18-10-25-11-19(27-18)30-14-2-1-5-24-9-14/h3-4,6-8,10-11,14,24H,1-2,5,9H2,(H,28,29). The predicted octanol–water partition coefficient (Wildman–Crippen LogP) is 4.01. The van der Waals surface area contributed by atoms with Crippen LogP contribution in [0.1, 0.15) is 12.8 Å². The molecule has 1 aliphatic rings. The number of hydrogen-bond acceptors (Lipinski definition) is 6. The topological polar surface area (TPSA) is 88.6 Å². The highest BCUT2D eigenvalue weighted by molar-refractivity contribution is 6.30. The number of nitrogens with zero attached hydrogens (tertiary/aromatic N) is 4. The van der Waals surface area contributed by atoms with E-state index in [0.29, 0.717) is 33.4 Å². The highest BCUT2D eigenvalue weighted by atomic mass is 35.5. The van der Waals surface area contributed by atoms with Crippen LogP contribution in [-0.4, -0.2) is 44.3 Å². The Hall–Kier alpha value is -3.10. The quantitative estimate of drug-likeness (QED) is 0.481. The molecule has 0 spiro atoms. The lowest BCUT2D eigenvalue weighted by Gasteiger charge is -2.23. The smallest absolute Gasteiger partial charge is 0.233 e. The van der Waals surface area contributed by atoms with E-state index in [0.717, 1.165) is 36.8 Å². The summed E-state index contributed by atoms with van der Waals surface area (Å²) >= 11 is 6.00. The second kappa shape index (κ2) is 7.97. The molecule has 1 saturated heterocycles. The van der Waals surface area contributed by atoms with Gasteiger partial charge in [0.2, 0.25) is 11.8 Å². The predicted molar refractivity (Wildman–Crippen MR) is 112 cm³/mol. The molecule has 0 amide bonds. The minimum atomic E-state index is -0.583. The third-order valence-electron chi connectivity index (χ3n) is 5.07. The number of aromatic amines is 1. The van der Waals surface area contributed by atoms with Crippen LogP contribution in [0, 0.1) is 5.95 Å². The fourth-order valence-corrected chi connectivity index (χ4v) is 3.77. The minimum absolute atomic E-state index is 0.0733. The van der Waals surface area contributed by atoms with E-state index in [4.69, 9.17) is 16.3 Å². The monoisotopic (exact) mass is 424 g/mol. The number of hydrogen-bond donors (Lipinski definition) is 2. The Balaban J connectivity index is 1.52. The molecule has 7 nitrogen and oxygen atoms in total. The number of fused-ring (bicyclic) bond motifs is 1. The van der Waals surface area contributed by atoms with Gasteiger partial charge in [-0.2, -0.15) is 9.49 Å². The summed E-state index contributed by atoms with van der Waals surface area (Å²) in [5.41, 5.74) is 2.95. The summed E-state index contributed by atoms with van der Waals surface area (Å²) in [6.45, 7) is 1.80. The van der Waals surface area contributed by atoms with Gasteiger partial charge in [-0.05, 0) is 43.1 Å². The summed E-state index contributed by atoms with van der Waals surface area (Å²) in [6.07, 6.45) is 6.64. The number of nitrogens with one attached hydrogen (secondary N) is 2. The van der Waals surface area contributed by atoms with Gasteiger partial charge >= 0.3 is 0 Å². The van der Waals surface area contributed by atoms with Crippen LogP contribution in [0.5, 0.6) is 5.88 Å². The number of ether oxygens (including phenoxy) is 1. The zero-order valence-corrected chi connectivity index (χ0v) is 16.7. The number of rotatable bonds is 4. The Kier molecular flexibility index (Phi) is 5.02. The molecule has 5 rings (SSSR count). The molecule has 1 aromatic carbocycles. The van der Waals surface area contributed by atoms with E-state index >= 15 is 0 Å². The zero-order valence-electron chi connectivity index (χ0n) is 15.9. The van der Waals surface area contributed by atoms with Crippen LogP contribution >= 0.6 is 11.6 Å². The molecule has 152 valence electrons. The molecule has 3 aromatic heterocycles. The molecule has 1 atom stereocenters. The van der Waals surface area contributed by atoms with Gasteiger partial charge in [0, 0.05) is 23.7 Å². The van der Waals surface area contributed by atoms with Crippen LogP contribution < -0.4 is 10.1 Å². The van der Waals surface area contributed by atoms with Crippen molar-refractivity contribution < 1.29 is 9.13 Å². The van der Waals surface area contributed by atoms with Crippen molar-refractivity contribution in [3.63, 3.8) is 0 Å². The molecule has 4 heterocycles. The second-order valence-corrected chi connectivity index (χ2v) is 7.59. The fourth-order valence-electron chi connectivity index (χ4n) is 3.61. The van der Waals surface area contributed by atoms with Crippen LogP contribution in [0.15, 0.2) is 42.9 Å². The van der Waals surface area contributed by atoms with E-state index in [1.165, 1.54) is 6.20 Å². The van der Waals surface area contributed by atoms with E-state index in [1.54, 1.807) is 24.5 Å². The Morgan fingerprint density at radius 2 is 2.10 bits per heavy atom. The van der Waals surface area contributed by atoms with Gasteiger partial charge in [0.15, 0.2) is 0 Å². The Bertz CT molecular complexity index is 1210. The van der Waals surface area contributed by atoms with E-state index in [1.807, 2.05) is 12.1 Å². The van der Waals surface area contributed by atoms with Gasteiger partial charge in [-0.15, -0.1) is 0 Å². The normalized spacial score (nSPS) is 16.7. The maximum absolute atomic E-state index is 14.2. The SMILES string of the molecule is Fc1ncc(Cl)cc1-c1ccc2[nH]nc(-c3cncc(OC4CCCNC4)n3)c2c1. The molecule has 0 bridgehead atoms. The van der Waals surface area contributed by atoms with Gasteiger partial charge in [0.05, 0.1) is 22.9 Å². The Labute approximate surface area is 176 Å². The summed E-state index contributed by atoms with van der Waals surface area (Å²) in [6, 6.07) is 7.02. The molecular weight excluding hydrogens is 407 g/mol. The maximum atomic E-state index is 14.2. The molecule has 9 heteroatoms. The van der Waals surface area contributed by atoms with E-state index in [-0.39, 0.29) is 6.10 Å². The van der Waals surface area contributed by atoms with Gasteiger partial charge in [-0.3, -0.25) is 10.1 Å². The minimum Gasteiger partial charge on any atom is -0.472 e. The Morgan fingerprint density at radius 1 is 1.17 bits per heavy atom. The summed E-state index contributed by atoms with van der Waals surface area (Å²) < 4.78 is 20.2.